The van der Waals surface area contributed by atoms with E-state index in [0.717, 1.165) is 0 Å². The van der Waals surface area contributed by atoms with Crippen molar-refractivity contribution in [2.24, 2.45) is 0 Å². The minimum Gasteiger partial charge on any atom is -0.351 e. The summed E-state index contributed by atoms with van der Waals surface area (Å²) in [5, 5.41) is 6.30. The van der Waals surface area contributed by atoms with Gasteiger partial charge in [0.25, 0.3) is 5.91 Å². The fourth-order valence-electron chi connectivity index (χ4n) is 1.92. The number of carbonyl (C=O) groups is 1. The van der Waals surface area contributed by atoms with Gasteiger partial charge in [0.05, 0.1) is 22.7 Å². The summed E-state index contributed by atoms with van der Waals surface area (Å²) in [6.07, 6.45) is 0.425. The van der Waals surface area contributed by atoms with Gasteiger partial charge in [0, 0.05) is 6.07 Å². The Kier molecular flexibility index (Phi) is 2.73. The lowest BCUT2D eigenvalue weighted by Gasteiger charge is -2.22. The standard InChI is InChI=1S/C10H14N2O4S/c1-7-5-8(16-12-7)9(13)11-10(2)3-4-17(14,15)6-10/h5H,3-4,6H2,1-2H3,(H,11,13)/t10-/m1/s1. The molecule has 1 fully saturated rings. The van der Waals surface area contributed by atoms with Gasteiger partial charge in [0.1, 0.15) is 0 Å². The zero-order valence-corrected chi connectivity index (χ0v) is 10.5. The van der Waals surface area contributed by atoms with Gasteiger partial charge < -0.3 is 9.84 Å². The lowest BCUT2D eigenvalue weighted by molar-refractivity contribution is 0.0877. The second-order valence-electron chi connectivity index (χ2n) is 4.69. The molecule has 94 valence electrons. The van der Waals surface area contributed by atoms with E-state index >= 15 is 0 Å². The number of nitrogens with one attached hydrogen (secondary N) is 1. The molecule has 2 heterocycles. The van der Waals surface area contributed by atoms with Crippen molar-refractivity contribution >= 4 is 15.7 Å². The molecule has 6 nitrogen and oxygen atoms in total. The Morgan fingerprint density at radius 3 is 2.76 bits per heavy atom. The van der Waals surface area contributed by atoms with Crippen LogP contribution < -0.4 is 5.32 Å². The number of carbonyl (C=O) groups excluding carboxylic acids is 1. The van der Waals surface area contributed by atoms with E-state index in [0.29, 0.717) is 12.1 Å². The van der Waals surface area contributed by atoms with E-state index in [1.165, 1.54) is 6.07 Å². The van der Waals surface area contributed by atoms with Gasteiger partial charge in [-0.05, 0) is 20.3 Å². The van der Waals surface area contributed by atoms with Crippen LogP contribution in [0.5, 0.6) is 0 Å². The molecule has 0 unspecified atom stereocenters. The van der Waals surface area contributed by atoms with Crippen LogP contribution in [0.2, 0.25) is 0 Å². The molecule has 1 saturated heterocycles. The molecule has 17 heavy (non-hydrogen) atoms. The molecule has 1 aromatic rings. The van der Waals surface area contributed by atoms with Crippen LogP contribution in [-0.2, 0) is 9.84 Å². The second kappa shape index (κ2) is 3.83. The van der Waals surface area contributed by atoms with Gasteiger partial charge in [-0.3, -0.25) is 4.79 Å². The smallest absolute Gasteiger partial charge is 0.290 e. The molecule has 1 aromatic heterocycles. The molecular formula is C10H14N2O4S. The zero-order valence-electron chi connectivity index (χ0n) is 9.69. The number of rotatable bonds is 2. The van der Waals surface area contributed by atoms with Crippen molar-refractivity contribution < 1.29 is 17.7 Å². The number of aromatic nitrogens is 1. The molecule has 0 radical (unpaired) electrons. The lowest BCUT2D eigenvalue weighted by Crippen LogP contribution is -2.46. The van der Waals surface area contributed by atoms with Gasteiger partial charge in [0.15, 0.2) is 9.84 Å². The molecule has 1 amide bonds. The molecule has 0 saturated carbocycles. The fraction of sp³-hybridized carbons (Fsp3) is 0.600. The highest BCUT2D eigenvalue weighted by atomic mass is 32.2. The average Bonchev–Trinajstić information content (AvgIpc) is 2.71. The maximum atomic E-state index is 11.8. The first-order valence-electron chi connectivity index (χ1n) is 5.26. The number of aryl methyl sites for hydroxylation is 1. The lowest BCUT2D eigenvalue weighted by atomic mass is 10.0. The van der Waals surface area contributed by atoms with Crippen molar-refractivity contribution in [3.05, 3.63) is 17.5 Å². The SMILES string of the molecule is Cc1cc(C(=O)N[C@]2(C)CCS(=O)(=O)C2)on1. The van der Waals surface area contributed by atoms with E-state index in [2.05, 4.69) is 10.5 Å². The topological polar surface area (TPSA) is 89.3 Å². The van der Waals surface area contributed by atoms with Gasteiger partial charge in [-0.25, -0.2) is 8.42 Å². The van der Waals surface area contributed by atoms with E-state index in [-0.39, 0.29) is 17.3 Å². The Morgan fingerprint density at radius 1 is 1.59 bits per heavy atom. The van der Waals surface area contributed by atoms with Gasteiger partial charge in [-0.15, -0.1) is 0 Å². The molecule has 0 bridgehead atoms. The van der Waals surface area contributed by atoms with Crippen molar-refractivity contribution in [2.75, 3.05) is 11.5 Å². The Labute approximate surface area is 99.3 Å². The predicted molar refractivity (Wildman–Crippen MR) is 60.4 cm³/mol. The highest BCUT2D eigenvalue weighted by Crippen LogP contribution is 2.23. The molecule has 0 aliphatic carbocycles. The van der Waals surface area contributed by atoms with E-state index in [1.54, 1.807) is 13.8 Å². The molecular weight excluding hydrogens is 244 g/mol. The largest absolute Gasteiger partial charge is 0.351 e. The van der Waals surface area contributed by atoms with Crippen LogP contribution in [0.25, 0.3) is 0 Å². The molecule has 1 aliphatic heterocycles. The van der Waals surface area contributed by atoms with Gasteiger partial charge in [-0.2, -0.15) is 0 Å². The maximum Gasteiger partial charge on any atom is 0.290 e. The van der Waals surface area contributed by atoms with Crippen LogP contribution in [0.3, 0.4) is 0 Å². The first-order valence-corrected chi connectivity index (χ1v) is 7.08. The molecule has 1 aliphatic rings. The molecule has 0 spiro atoms. The number of hydrogen-bond acceptors (Lipinski definition) is 5. The Bertz CT molecular complexity index is 548. The third-order valence-electron chi connectivity index (χ3n) is 2.77. The quantitative estimate of drug-likeness (QED) is 0.823. The van der Waals surface area contributed by atoms with E-state index < -0.39 is 21.3 Å². The van der Waals surface area contributed by atoms with E-state index in [1.807, 2.05) is 0 Å². The molecule has 7 heteroatoms. The van der Waals surface area contributed by atoms with E-state index in [9.17, 15) is 13.2 Å². The minimum atomic E-state index is -3.04. The Hall–Kier alpha value is -1.37. The normalized spacial score (nSPS) is 26.9. The third kappa shape index (κ3) is 2.66. The van der Waals surface area contributed by atoms with Crippen LogP contribution in [0.4, 0.5) is 0 Å². The van der Waals surface area contributed by atoms with Crippen molar-refractivity contribution in [2.45, 2.75) is 25.8 Å². The summed E-state index contributed by atoms with van der Waals surface area (Å²) >= 11 is 0. The summed E-state index contributed by atoms with van der Waals surface area (Å²) in [5.74, 6) is -0.240. The fourth-order valence-corrected chi connectivity index (χ4v) is 4.01. The summed E-state index contributed by atoms with van der Waals surface area (Å²) in [7, 11) is -3.04. The zero-order chi connectivity index (χ0) is 12.7. The van der Waals surface area contributed by atoms with Crippen LogP contribution >= 0.6 is 0 Å². The molecule has 2 rings (SSSR count). The van der Waals surface area contributed by atoms with Crippen LogP contribution in [0, 0.1) is 6.92 Å². The van der Waals surface area contributed by atoms with Gasteiger partial charge in [0.2, 0.25) is 5.76 Å². The minimum absolute atomic E-state index is 0.0289. The Morgan fingerprint density at radius 2 is 2.29 bits per heavy atom. The molecule has 1 N–H and O–H groups in total. The molecule has 0 aromatic carbocycles. The summed E-state index contributed by atoms with van der Waals surface area (Å²) < 4.78 is 27.6. The second-order valence-corrected chi connectivity index (χ2v) is 6.87. The van der Waals surface area contributed by atoms with Crippen LogP contribution in [0.15, 0.2) is 10.6 Å². The first-order chi connectivity index (χ1) is 7.80. The van der Waals surface area contributed by atoms with Gasteiger partial charge in [-0.1, -0.05) is 5.16 Å². The number of amides is 1. The summed E-state index contributed by atoms with van der Waals surface area (Å²) in [6, 6.07) is 1.52. The highest BCUT2D eigenvalue weighted by molar-refractivity contribution is 7.91. The summed E-state index contributed by atoms with van der Waals surface area (Å²) in [6.45, 7) is 3.43. The predicted octanol–water partition coefficient (Wildman–Crippen LogP) is 0.290. The van der Waals surface area contributed by atoms with Crippen LogP contribution in [-0.4, -0.2) is 36.5 Å². The van der Waals surface area contributed by atoms with Crippen molar-refractivity contribution in [3.8, 4) is 0 Å². The first kappa shape index (κ1) is 12.1. The number of hydrogen-bond donors (Lipinski definition) is 1. The van der Waals surface area contributed by atoms with Crippen molar-refractivity contribution in [1.29, 1.82) is 0 Å². The van der Waals surface area contributed by atoms with Crippen molar-refractivity contribution in [1.82, 2.24) is 10.5 Å². The average molecular weight is 258 g/mol. The number of nitrogens with zero attached hydrogens (tertiary/aromatic N) is 1. The van der Waals surface area contributed by atoms with Crippen LogP contribution in [0.1, 0.15) is 29.6 Å². The monoisotopic (exact) mass is 258 g/mol. The summed E-state index contributed by atoms with van der Waals surface area (Å²) in [4.78, 5) is 11.8. The Balaban J connectivity index is 2.10. The van der Waals surface area contributed by atoms with Gasteiger partial charge >= 0.3 is 0 Å². The number of sulfone groups is 1. The molecule has 1 atom stereocenters. The third-order valence-corrected chi connectivity index (χ3v) is 4.67. The van der Waals surface area contributed by atoms with Crippen molar-refractivity contribution in [3.63, 3.8) is 0 Å². The maximum absolute atomic E-state index is 11.8. The summed E-state index contributed by atoms with van der Waals surface area (Å²) in [5.41, 5.74) is -0.101. The highest BCUT2D eigenvalue weighted by Gasteiger charge is 2.40. The van der Waals surface area contributed by atoms with E-state index in [4.69, 9.17) is 4.52 Å².